The molecule has 1 aliphatic heterocycles. The minimum absolute atomic E-state index is 0.00897. The van der Waals surface area contributed by atoms with E-state index in [1.807, 2.05) is 51.5 Å². The summed E-state index contributed by atoms with van der Waals surface area (Å²) >= 11 is 0. The van der Waals surface area contributed by atoms with E-state index < -0.39 is 0 Å². The highest BCUT2D eigenvalue weighted by Crippen LogP contribution is 2.27. The van der Waals surface area contributed by atoms with Gasteiger partial charge in [-0.1, -0.05) is 0 Å². The third-order valence-corrected chi connectivity index (χ3v) is 5.66. The van der Waals surface area contributed by atoms with Crippen molar-refractivity contribution >= 4 is 5.91 Å². The minimum Gasteiger partial charge on any atom is -0.368 e. The molecule has 0 N–H and O–H groups in total. The number of carbonyl (C=O) groups excluding carboxylic acids is 1. The summed E-state index contributed by atoms with van der Waals surface area (Å²) in [5.41, 5.74) is 4.89. The van der Waals surface area contributed by atoms with Crippen molar-refractivity contribution < 1.29 is 9.53 Å². The first-order chi connectivity index (χ1) is 15.3. The zero-order valence-corrected chi connectivity index (χ0v) is 18.9. The first-order valence-electron chi connectivity index (χ1n) is 10.7. The Labute approximate surface area is 186 Å². The molecule has 1 saturated heterocycles. The van der Waals surface area contributed by atoms with Gasteiger partial charge in [0.25, 0.3) is 0 Å². The summed E-state index contributed by atoms with van der Waals surface area (Å²) in [4.78, 5) is 35.5. The van der Waals surface area contributed by atoms with Crippen LogP contribution in [0.4, 0.5) is 0 Å². The van der Waals surface area contributed by atoms with Gasteiger partial charge in [-0.15, -0.1) is 0 Å². The second-order valence-electron chi connectivity index (χ2n) is 8.25. The van der Waals surface area contributed by atoms with Gasteiger partial charge in [-0.3, -0.25) is 19.0 Å². The van der Waals surface area contributed by atoms with Crippen LogP contribution in [0.15, 0.2) is 35.4 Å². The smallest absolute Gasteiger partial charge is 0.347 e. The summed E-state index contributed by atoms with van der Waals surface area (Å²) in [7, 11) is 1.88. The van der Waals surface area contributed by atoms with Crippen LogP contribution in [0.5, 0.6) is 0 Å². The second kappa shape index (κ2) is 9.04. The highest BCUT2D eigenvalue weighted by Gasteiger charge is 2.27. The number of hydrogen-bond acceptors (Lipinski definition) is 6. The molecule has 0 bridgehead atoms. The lowest BCUT2D eigenvalue weighted by Crippen LogP contribution is -2.43. The van der Waals surface area contributed by atoms with E-state index in [2.05, 4.69) is 15.1 Å². The Morgan fingerprint density at radius 1 is 1.12 bits per heavy atom. The molecule has 1 atom stereocenters. The van der Waals surface area contributed by atoms with Gasteiger partial charge >= 0.3 is 5.69 Å². The third kappa shape index (κ3) is 4.77. The van der Waals surface area contributed by atoms with E-state index in [4.69, 9.17) is 4.74 Å². The molecule has 0 spiro atoms. The zero-order valence-electron chi connectivity index (χ0n) is 18.9. The Hall–Kier alpha value is -3.33. The van der Waals surface area contributed by atoms with Crippen molar-refractivity contribution in [3.05, 3.63) is 63.9 Å². The maximum atomic E-state index is 12.9. The summed E-state index contributed by atoms with van der Waals surface area (Å²) in [6.45, 7) is 7.31. The van der Waals surface area contributed by atoms with Crippen molar-refractivity contribution in [3.8, 4) is 11.1 Å². The molecule has 0 aromatic carbocycles. The number of nitrogens with zero attached hydrogens (tertiary/aromatic N) is 6. The Kier molecular flexibility index (Phi) is 6.18. The van der Waals surface area contributed by atoms with E-state index in [1.165, 1.54) is 0 Å². The highest BCUT2D eigenvalue weighted by atomic mass is 16.5. The van der Waals surface area contributed by atoms with Crippen molar-refractivity contribution in [1.82, 2.24) is 29.2 Å². The van der Waals surface area contributed by atoms with Gasteiger partial charge in [0.05, 0.1) is 25.0 Å². The van der Waals surface area contributed by atoms with Crippen molar-refractivity contribution in [2.24, 2.45) is 7.05 Å². The van der Waals surface area contributed by atoms with Gasteiger partial charge < -0.3 is 9.64 Å². The number of ether oxygens (including phenoxy) is 1. The van der Waals surface area contributed by atoms with Crippen LogP contribution in [0.25, 0.3) is 11.1 Å². The number of morpholine rings is 1. The summed E-state index contributed by atoms with van der Waals surface area (Å²) in [5.74, 6) is -0.00897. The van der Waals surface area contributed by atoms with Crippen LogP contribution in [0.1, 0.15) is 35.3 Å². The molecule has 9 heteroatoms. The van der Waals surface area contributed by atoms with Crippen molar-refractivity contribution in [1.29, 1.82) is 0 Å². The molecule has 3 aromatic heterocycles. The van der Waals surface area contributed by atoms with Crippen LogP contribution in [0.3, 0.4) is 0 Å². The molecular weight excluding hydrogens is 408 g/mol. The first kappa shape index (κ1) is 21.9. The number of pyridine rings is 1. The molecule has 4 rings (SSSR count). The predicted octanol–water partition coefficient (Wildman–Crippen LogP) is 1.95. The molecular formula is C23H28N6O3. The molecule has 1 aliphatic rings. The summed E-state index contributed by atoms with van der Waals surface area (Å²) in [6, 6.07) is 5.87. The lowest BCUT2D eigenvalue weighted by atomic mass is 10.1. The lowest BCUT2D eigenvalue weighted by molar-refractivity contribution is -0.139. The monoisotopic (exact) mass is 436 g/mol. The zero-order chi connectivity index (χ0) is 22.8. The topological polar surface area (TPSA) is 95.1 Å². The molecule has 0 aliphatic carbocycles. The standard InChI is InChI=1S/C23H28N6O3/c1-15-9-17(3)29(23(31)26-15)6-5-22(30)28-7-8-32-21(14-28)20-11-18(10-16(2)25-20)19-12-24-27(4)13-19/h9-13,21H,5-8,14H2,1-4H3. The Morgan fingerprint density at radius 2 is 1.91 bits per heavy atom. The molecule has 168 valence electrons. The van der Waals surface area contributed by atoms with Crippen LogP contribution < -0.4 is 5.69 Å². The molecule has 0 radical (unpaired) electrons. The van der Waals surface area contributed by atoms with Gasteiger partial charge in [0.15, 0.2) is 0 Å². The minimum atomic E-state index is -0.318. The Balaban J connectivity index is 1.46. The van der Waals surface area contributed by atoms with E-state index >= 15 is 0 Å². The van der Waals surface area contributed by atoms with Gasteiger partial charge in [0, 0.05) is 55.4 Å². The average molecular weight is 437 g/mol. The number of amides is 1. The van der Waals surface area contributed by atoms with Crippen LogP contribution in [-0.4, -0.2) is 54.8 Å². The maximum absolute atomic E-state index is 12.9. The molecule has 3 aromatic rings. The fourth-order valence-corrected chi connectivity index (χ4v) is 4.06. The van der Waals surface area contributed by atoms with Gasteiger partial charge in [-0.2, -0.15) is 10.1 Å². The molecule has 4 heterocycles. The third-order valence-electron chi connectivity index (χ3n) is 5.66. The van der Waals surface area contributed by atoms with Crippen molar-refractivity contribution in [2.45, 2.75) is 39.8 Å². The molecule has 1 unspecified atom stereocenters. The molecule has 1 amide bonds. The largest absolute Gasteiger partial charge is 0.368 e. The number of rotatable bonds is 5. The molecule has 1 fully saturated rings. The Bertz CT molecular complexity index is 1200. The number of carbonyl (C=O) groups is 1. The van der Waals surface area contributed by atoms with Gasteiger partial charge in [0.2, 0.25) is 5.91 Å². The first-order valence-corrected chi connectivity index (χ1v) is 10.7. The molecule has 32 heavy (non-hydrogen) atoms. The van der Waals surface area contributed by atoms with E-state index in [9.17, 15) is 9.59 Å². The quantitative estimate of drug-likeness (QED) is 0.607. The SMILES string of the molecule is Cc1cc(-c2cnn(C)c2)cc(C2CN(C(=O)CCn3c(C)cc(C)nc3=O)CCO2)n1. The second-order valence-corrected chi connectivity index (χ2v) is 8.25. The van der Waals surface area contributed by atoms with Crippen LogP contribution >= 0.6 is 0 Å². The summed E-state index contributed by atoms with van der Waals surface area (Å²) < 4.78 is 9.28. The van der Waals surface area contributed by atoms with Gasteiger partial charge in [0.1, 0.15) is 6.10 Å². The van der Waals surface area contributed by atoms with E-state index in [0.717, 1.165) is 28.2 Å². The molecule has 0 saturated carbocycles. The van der Waals surface area contributed by atoms with Gasteiger partial charge in [-0.05, 0) is 44.5 Å². The van der Waals surface area contributed by atoms with E-state index in [0.29, 0.717) is 31.9 Å². The predicted molar refractivity (Wildman–Crippen MR) is 119 cm³/mol. The number of aryl methyl sites for hydroxylation is 4. The highest BCUT2D eigenvalue weighted by molar-refractivity contribution is 5.76. The van der Waals surface area contributed by atoms with E-state index in [-0.39, 0.29) is 24.1 Å². The summed E-state index contributed by atoms with van der Waals surface area (Å²) in [5, 5.41) is 4.25. The van der Waals surface area contributed by atoms with Crippen LogP contribution in [0.2, 0.25) is 0 Å². The van der Waals surface area contributed by atoms with Crippen LogP contribution in [0, 0.1) is 20.8 Å². The number of hydrogen-bond donors (Lipinski definition) is 0. The normalized spacial score (nSPS) is 16.4. The summed E-state index contributed by atoms with van der Waals surface area (Å²) in [6.07, 6.45) is 3.72. The van der Waals surface area contributed by atoms with E-state index in [1.54, 1.807) is 21.1 Å². The van der Waals surface area contributed by atoms with Crippen molar-refractivity contribution in [2.75, 3.05) is 19.7 Å². The van der Waals surface area contributed by atoms with Crippen molar-refractivity contribution in [3.63, 3.8) is 0 Å². The maximum Gasteiger partial charge on any atom is 0.347 e. The average Bonchev–Trinajstić information content (AvgIpc) is 3.19. The fourth-order valence-electron chi connectivity index (χ4n) is 4.06. The van der Waals surface area contributed by atoms with Crippen LogP contribution in [-0.2, 0) is 23.1 Å². The fraction of sp³-hybridized carbons (Fsp3) is 0.435. The lowest BCUT2D eigenvalue weighted by Gasteiger charge is -2.33. The van der Waals surface area contributed by atoms with Gasteiger partial charge in [-0.25, -0.2) is 4.79 Å². The molecule has 9 nitrogen and oxygen atoms in total. The number of aromatic nitrogens is 5. The Morgan fingerprint density at radius 3 is 2.62 bits per heavy atom.